The second-order valence-electron chi connectivity index (χ2n) is 3.91. The number of hydrogen-bond donors (Lipinski definition) is 3. The predicted molar refractivity (Wildman–Crippen MR) is 71.9 cm³/mol. The number of H-pyrrole nitrogens is 1. The molecule has 19 heavy (non-hydrogen) atoms. The van der Waals surface area contributed by atoms with Gasteiger partial charge in [-0.1, -0.05) is 25.1 Å². The molecule has 0 bridgehead atoms. The van der Waals surface area contributed by atoms with Gasteiger partial charge in [0.2, 0.25) is 5.91 Å². The van der Waals surface area contributed by atoms with E-state index >= 15 is 0 Å². The molecule has 1 aromatic rings. The molecule has 8 heteroatoms. The first kappa shape index (κ1) is 15.2. The molecule has 0 radical (unpaired) electrons. The van der Waals surface area contributed by atoms with Crippen LogP contribution in [0, 0.1) is 0 Å². The normalized spacial score (nSPS) is 11.9. The summed E-state index contributed by atoms with van der Waals surface area (Å²) in [5, 5.41) is 1.74. The largest absolute Gasteiger partial charge is 0.351 e. The molecule has 1 rings (SSSR count). The van der Waals surface area contributed by atoms with Crippen LogP contribution in [0.15, 0.2) is 16.0 Å². The van der Waals surface area contributed by atoms with Gasteiger partial charge >= 0.3 is 6.03 Å². The molecule has 4 N–H and O–H groups in total. The number of nitrogens with zero attached hydrogens (tertiary/aromatic N) is 1. The molecule has 0 saturated carbocycles. The van der Waals surface area contributed by atoms with Crippen LogP contribution in [0.25, 0.3) is 0 Å². The number of primary amides is 1. The molecule has 0 aliphatic rings. The maximum Gasteiger partial charge on any atom is 0.318 e. The number of aromatic amines is 1. The van der Waals surface area contributed by atoms with E-state index in [1.54, 1.807) is 6.92 Å². The van der Waals surface area contributed by atoms with Gasteiger partial charge in [-0.25, -0.2) is 9.78 Å². The number of urea groups is 1. The van der Waals surface area contributed by atoms with E-state index in [0.717, 1.165) is 18.2 Å². The molecule has 0 aliphatic heterocycles. The highest BCUT2D eigenvalue weighted by atomic mass is 32.2. The molecule has 0 fully saturated rings. The van der Waals surface area contributed by atoms with Crippen molar-refractivity contribution in [3.8, 4) is 0 Å². The summed E-state index contributed by atoms with van der Waals surface area (Å²) in [6.07, 6.45) is 1.57. The fraction of sp³-hybridized carbons (Fsp3) is 0.455. The Hall–Kier alpha value is -1.83. The smallest absolute Gasteiger partial charge is 0.318 e. The Balaban J connectivity index is 2.78. The first-order valence-electron chi connectivity index (χ1n) is 5.79. The van der Waals surface area contributed by atoms with Gasteiger partial charge < -0.3 is 10.7 Å². The van der Waals surface area contributed by atoms with Gasteiger partial charge in [-0.3, -0.25) is 14.9 Å². The number of aromatic nitrogens is 2. The zero-order chi connectivity index (χ0) is 14.4. The van der Waals surface area contributed by atoms with Crippen molar-refractivity contribution in [2.24, 2.45) is 5.73 Å². The standard InChI is InChI=1S/C11H16N4O3S/c1-3-4-7-5-8(16)14-11(13-7)19-6(2)9(17)15-10(12)18/h5-6H,3-4H2,1-2H3,(H,13,14,16)(H3,12,15,17,18)/t6-/m1/s1. The van der Waals surface area contributed by atoms with Crippen LogP contribution in [0.2, 0.25) is 0 Å². The highest BCUT2D eigenvalue weighted by Gasteiger charge is 2.17. The summed E-state index contributed by atoms with van der Waals surface area (Å²) >= 11 is 1.06. The molecule has 0 spiro atoms. The molecular formula is C11H16N4O3S. The Bertz CT molecular complexity index is 529. The fourth-order valence-corrected chi connectivity index (χ4v) is 2.20. The number of aryl methyl sites for hydroxylation is 1. The van der Waals surface area contributed by atoms with Crippen molar-refractivity contribution in [2.45, 2.75) is 37.1 Å². The topological polar surface area (TPSA) is 118 Å². The number of hydrogen-bond acceptors (Lipinski definition) is 5. The zero-order valence-corrected chi connectivity index (χ0v) is 11.5. The Kier molecular flexibility index (Phi) is 5.56. The van der Waals surface area contributed by atoms with Gasteiger partial charge in [0.05, 0.1) is 5.25 Å². The Labute approximate surface area is 114 Å². The van der Waals surface area contributed by atoms with Crippen molar-refractivity contribution in [1.29, 1.82) is 0 Å². The summed E-state index contributed by atoms with van der Waals surface area (Å²) in [6.45, 7) is 3.58. The summed E-state index contributed by atoms with van der Waals surface area (Å²) < 4.78 is 0. The molecule has 0 saturated heterocycles. The minimum Gasteiger partial charge on any atom is -0.351 e. The van der Waals surface area contributed by atoms with Crippen LogP contribution in [0.5, 0.6) is 0 Å². The number of nitrogens with one attached hydrogen (secondary N) is 2. The maximum atomic E-state index is 11.5. The van der Waals surface area contributed by atoms with Gasteiger partial charge in [-0.05, 0) is 13.3 Å². The molecule has 7 nitrogen and oxygen atoms in total. The zero-order valence-electron chi connectivity index (χ0n) is 10.7. The average Bonchev–Trinajstić information content (AvgIpc) is 2.27. The third kappa shape index (κ3) is 5.12. The van der Waals surface area contributed by atoms with E-state index in [2.05, 4.69) is 9.97 Å². The van der Waals surface area contributed by atoms with E-state index in [0.29, 0.717) is 17.3 Å². The second-order valence-corrected chi connectivity index (χ2v) is 5.23. The molecule has 0 aromatic carbocycles. The summed E-state index contributed by atoms with van der Waals surface area (Å²) in [7, 11) is 0. The van der Waals surface area contributed by atoms with E-state index in [4.69, 9.17) is 5.73 Å². The first-order chi connectivity index (χ1) is 8.92. The van der Waals surface area contributed by atoms with Gasteiger partial charge in [0.15, 0.2) is 5.16 Å². The summed E-state index contributed by atoms with van der Waals surface area (Å²) in [4.78, 5) is 40.3. The van der Waals surface area contributed by atoms with E-state index < -0.39 is 17.2 Å². The predicted octanol–water partition coefficient (Wildman–Crippen LogP) is 0.398. The van der Waals surface area contributed by atoms with E-state index in [1.165, 1.54) is 6.07 Å². The molecule has 1 atom stereocenters. The molecule has 0 unspecified atom stereocenters. The summed E-state index contributed by atoms with van der Waals surface area (Å²) in [5.41, 5.74) is 5.28. The molecule has 0 aliphatic carbocycles. The van der Waals surface area contributed by atoms with Gasteiger partial charge in [0, 0.05) is 11.8 Å². The number of thioether (sulfide) groups is 1. The van der Waals surface area contributed by atoms with Gasteiger partial charge in [0.25, 0.3) is 5.56 Å². The van der Waals surface area contributed by atoms with Crippen LogP contribution in [-0.2, 0) is 11.2 Å². The number of nitrogens with two attached hydrogens (primary N) is 1. The molecule has 1 heterocycles. The van der Waals surface area contributed by atoms with Crippen molar-refractivity contribution in [3.63, 3.8) is 0 Å². The number of carbonyl (C=O) groups is 2. The van der Waals surface area contributed by atoms with Crippen molar-refractivity contribution < 1.29 is 9.59 Å². The number of rotatable bonds is 5. The lowest BCUT2D eigenvalue weighted by atomic mass is 10.2. The van der Waals surface area contributed by atoms with Gasteiger partial charge in [0.1, 0.15) is 0 Å². The molecule has 104 valence electrons. The highest BCUT2D eigenvalue weighted by Crippen LogP contribution is 2.18. The van der Waals surface area contributed by atoms with Gasteiger partial charge in [-0.15, -0.1) is 0 Å². The molecule has 1 aromatic heterocycles. The SMILES string of the molecule is CCCc1cc(=O)[nH]c(S[C@H](C)C(=O)NC(N)=O)n1. The molecular weight excluding hydrogens is 268 g/mol. The maximum absolute atomic E-state index is 11.5. The third-order valence-electron chi connectivity index (χ3n) is 2.18. The summed E-state index contributed by atoms with van der Waals surface area (Å²) in [6, 6.07) is 0.528. The quantitative estimate of drug-likeness (QED) is 0.534. The van der Waals surface area contributed by atoms with Crippen molar-refractivity contribution in [3.05, 3.63) is 22.1 Å². The van der Waals surface area contributed by atoms with Crippen LogP contribution >= 0.6 is 11.8 Å². The van der Waals surface area contributed by atoms with Crippen LogP contribution in [0.3, 0.4) is 0 Å². The third-order valence-corrected chi connectivity index (χ3v) is 3.17. The van der Waals surface area contributed by atoms with Crippen LogP contribution in [-0.4, -0.2) is 27.2 Å². The summed E-state index contributed by atoms with van der Waals surface area (Å²) in [5.74, 6) is -0.527. The second kappa shape index (κ2) is 6.93. The minimum absolute atomic E-state index is 0.261. The van der Waals surface area contributed by atoms with Gasteiger partial charge in [-0.2, -0.15) is 0 Å². The van der Waals surface area contributed by atoms with Crippen LogP contribution in [0.1, 0.15) is 26.0 Å². The number of amides is 3. The average molecular weight is 284 g/mol. The Morgan fingerprint density at radius 3 is 2.84 bits per heavy atom. The lowest BCUT2D eigenvalue weighted by Gasteiger charge is -2.09. The van der Waals surface area contributed by atoms with Crippen molar-refractivity contribution in [1.82, 2.24) is 15.3 Å². The van der Waals surface area contributed by atoms with E-state index in [-0.39, 0.29) is 5.56 Å². The van der Waals surface area contributed by atoms with Crippen molar-refractivity contribution >= 4 is 23.7 Å². The van der Waals surface area contributed by atoms with Crippen LogP contribution < -0.4 is 16.6 Å². The van der Waals surface area contributed by atoms with Crippen LogP contribution in [0.4, 0.5) is 4.79 Å². The Morgan fingerprint density at radius 2 is 2.26 bits per heavy atom. The number of carbonyl (C=O) groups excluding carboxylic acids is 2. The lowest BCUT2D eigenvalue weighted by Crippen LogP contribution is -2.39. The number of imide groups is 1. The lowest BCUT2D eigenvalue weighted by molar-refractivity contribution is -0.119. The molecule has 3 amide bonds. The van der Waals surface area contributed by atoms with E-state index in [1.807, 2.05) is 12.2 Å². The fourth-order valence-electron chi connectivity index (χ4n) is 1.37. The highest BCUT2D eigenvalue weighted by molar-refractivity contribution is 8.00. The van der Waals surface area contributed by atoms with Crippen molar-refractivity contribution in [2.75, 3.05) is 0 Å². The Morgan fingerprint density at radius 1 is 1.58 bits per heavy atom. The van der Waals surface area contributed by atoms with E-state index in [9.17, 15) is 14.4 Å². The minimum atomic E-state index is -0.904. The first-order valence-corrected chi connectivity index (χ1v) is 6.67. The monoisotopic (exact) mass is 284 g/mol.